The highest BCUT2D eigenvalue weighted by atomic mass is 35.5. The van der Waals surface area contributed by atoms with E-state index in [9.17, 15) is 42.4 Å². The van der Waals surface area contributed by atoms with Gasteiger partial charge >= 0.3 is 19.5 Å². The number of ether oxygens (including phenoxy) is 3. The molecule has 2 aliphatic rings. The number of aliphatic hydroxyl groups is 2. The Labute approximate surface area is 280 Å². The van der Waals surface area contributed by atoms with E-state index in [2.05, 4.69) is 10.3 Å². The Morgan fingerprint density at radius 1 is 1.17 bits per heavy atom. The van der Waals surface area contributed by atoms with Crippen molar-refractivity contribution < 1.29 is 60.4 Å². The van der Waals surface area contributed by atoms with E-state index < -0.39 is 84.9 Å². The van der Waals surface area contributed by atoms with Gasteiger partial charge in [-0.15, -0.1) is 0 Å². The number of sulfone groups is 1. The number of esters is 2. The van der Waals surface area contributed by atoms with Gasteiger partial charge in [0.2, 0.25) is 13.6 Å². The van der Waals surface area contributed by atoms with Crippen LogP contribution in [-0.4, -0.2) is 95.5 Å². The third kappa shape index (κ3) is 9.21. The molecule has 1 aliphatic carbocycles. The number of alkyl halides is 1. The molecule has 16 nitrogen and oxygen atoms in total. The second-order valence-corrected chi connectivity index (χ2v) is 16.3. The van der Waals surface area contributed by atoms with E-state index in [0.717, 1.165) is 0 Å². The number of nitriles is 1. The number of anilines is 1. The highest BCUT2D eigenvalue weighted by Crippen LogP contribution is 2.50. The minimum absolute atomic E-state index is 0.0234. The number of nitrogens with one attached hydrogen (secondary N) is 1. The number of halogens is 2. The number of hydrogen-bond donors (Lipinski definition) is 3. The van der Waals surface area contributed by atoms with Gasteiger partial charge in [0.1, 0.15) is 41.8 Å². The minimum Gasteiger partial charge on any atom is -0.438 e. The molecule has 2 aromatic heterocycles. The fourth-order valence-electron chi connectivity index (χ4n) is 5.12. The first kappa shape index (κ1) is 37.9. The van der Waals surface area contributed by atoms with Crippen molar-refractivity contribution in [2.45, 2.75) is 89.1 Å². The molecule has 266 valence electrons. The predicted octanol–water partition coefficient (Wildman–Crippen LogP) is 3.29. The van der Waals surface area contributed by atoms with Crippen molar-refractivity contribution in [3.63, 3.8) is 0 Å². The number of fused-ring (bicyclic) bond motifs is 1. The average Bonchev–Trinajstić information content (AvgIpc) is 3.51. The molecular weight excluding hydrogens is 702 g/mol. The molecule has 48 heavy (non-hydrogen) atoms. The molecule has 3 heterocycles. The summed E-state index contributed by atoms with van der Waals surface area (Å²) in [7, 11) is -9.13. The highest BCUT2D eigenvalue weighted by molar-refractivity contribution is 7.97. The van der Waals surface area contributed by atoms with Gasteiger partial charge in [0.15, 0.2) is 26.7 Å². The molecule has 2 aromatic rings. The summed E-state index contributed by atoms with van der Waals surface area (Å²) in [4.78, 5) is 27.7. The van der Waals surface area contributed by atoms with Gasteiger partial charge in [0.05, 0.1) is 11.4 Å². The van der Waals surface area contributed by atoms with E-state index in [1.54, 1.807) is 19.9 Å². The maximum Gasteiger partial charge on any atom is 0.351 e. The van der Waals surface area contributed by atoms with E-state index in [4.69, 9.17) is 34.9 Å². The molecule has 0 spiro atoms. The molecule has 4 rings (SSSR count). The maximum absolute atomic E-state index is 13.5. The number of aliphatic hydroxyl groups excluding tert-OH is 2. The van der Waals surface area contributed by atoms with Crippen LogP contribution < -0.4 is 5.32 Å². The summed E-state index contributed by atoms with van der Waals surface area (Å²) in [5, 5.41) is 34.7. The van der Waals surface area contributed by atoms with Gasteiger partial charge in [-0.2, -0.15) is 5.26 Å². The molecular formula is C28H37ClFN4O12PS. The average molecular weight is 739 g/mol. The summed E-state index contributed by atoms with van der Waals surface area (Å²) in [5.74, 6) is -2.35. The Bertz CT molecular complexity index is 1650. The third-order valence-corrected chi connectivity index (χ3v) is 12.5. The van der Waals surface area contributed by atoms with Gasteiger partial charge in [0, 0.05) is 30.5 Å². The minimum atomic E-state index is -4.64. The van der Waals surface area contributed by atoms with Crippen molar-refractivity contribution in [2.75, 3.05) is 30.1 Å². The van der Waals surface area contributed by atoms with Crippen molar-refractivity contribution in [2.24, 2.45) is 0 Å². The second kappa shape index (κ2) is 16.2. The lowest BCUT2D eigenvalue weighted by molar-refractivity contribution is -0.152. The first-order valence-electron chi connectivity index (χ1n) is 15.1. The van der Waals surface area contributed by atoms with Crippen LogP contribution in [-0.2, 0) is 47.2 Å². The van der Waals surface area contributed by atoms with E-state index in [1.807, 2.05) is 6.07 Å². The Morgan fingerprint density at radius 3 is 2.31 bits per heavy atom. The van der Waals surface area contributed by atoms with Gasteiger partial charge < -0.3 is 34.3 Å². The van der Waals surface area contributed by atoms with Crippen LogP contribution >= 0.6 is 19.2 Å². The van der Waals surface area contributed by atoms with Crippen molar-refractivity contribution in [1.82, 2.24) is 9.55 Å². The Morgan fingerprint density at radius 2 is 1.77 bits per heavy atom. The summed E-state index contributed by atoms with van der Waals surface area (Å²) in [6.07, 6.45) is -4.47. The zero-order valence-electron chi connectivity index (χ0n) is 26.1. The predicted molar refractivity (Wildman–Crippen MR) is 167 cm³/mol. The third-order valence-electron chi connectivity index (χ3n) is 7.59. The molecule has 1 saturated carbocycles. The maximum atomic E-state index is 13.5. The van der Waals surface area contributed by atoms with Gasteiger partial charge in [-0.1, -0.05) is 25.4 Å². The molecule has 0 unspecified atom stereocenters. The van der Waals surface area contributed by atoms with E-state index in [1.165, 1.54) is 10.8 Å². The van der Waals surface area contributed by atoms with Crippen molar-refractivity contribution >= 4 is 57.7 Å². The lowest BCUT2D eigenvalue weighted by atomic mass is 9.90. The molecule has 1 saturated heterocycles. The summed E-state index contributed by atoms with van der Waals surface area (Å²) in [5.41, 5.74) is -0.832. The first-order chi connectivity index (χ1) is 22.7. The molecule has 0 aromatic carbocycles. The summed E-state index contributed by atoms with van der Waals surface area (Å²) < 4.78 is 80.2. The van der Waals surface area contributed by atoms with Gasteiger partial charge in [0.25, 0.3) is 0 Å². The van der Waals surface area contributed by atoms with Gasteiger partial charge in [-0.25, -0.2) is 17.8 Å². The quantitative estimate of drug-likeness (QED) is 0.0916. The number of carbonyl (C=O) groups is 2. The number of pyridine rings is 1. The summed E-state index contributed by atoms with van der Waals surface area (Å²) >= 11 is 6.30. The standard InChI is InChI=1S/C28H37ClFN4O12PS/c1-3-5-21(35)42-13-44-47(39,45-14-43-22(36)6-4-2)15-48(40,41)12-20-24(37)25(38)28(46-20)34-8-7-18-23(32-17-9-16(30)10-17)19(11-31)26(29)33-27(18)34/h7-8,16-17,20,24-25,28,37-38H,3-6,9-10,12-15H2,1-2H3,(H,32,33)/t16-,17+,20-,24-,25-,28-/m1/s1. The zero-order chi connectivity index (χ0) is 35.2. The summed E-state index contributed by atoms with van der Waals surface area (Å²) in [6.45, 7) is 1.62. The van der Waals surface area contributed by atoms with Crippen LogP contribution in [0.15, 0.2) is 12.3 Å². The second-order valence-electron chi connectivity index (χ2n) is 11.4. The van der Waals surface area contributed by atoms with Crippen LogP contribution in [0.1, 0.15) is 64.2 Å². The van der Waals surface area contributed by atoms with E-state index in [-0.39, 0.29) is 48.1 Å². The molecule has 0 bridgehead atoms. The number of hydrogen-bond acceptors (Lipinski definition) is 15. The normalized spacial score (nSPS) is 24.2. The number of aromatic nitrogens is 2. The molecule has 2 fully saturated rings. The number of nitrogens with zero attached hydrogens (tertiary/aromatic N) is 3. The van der Waals surface area contributed by atoms with Crippen LogP contribution in [0, 0.1) is 11.3 Å². The molecule has 20 heteroatoms. The van der Waals surface area contributed by atoms with Crippen LogP contribution in [0.25, 0.3) is 11.0 Å². The van der Waals surface area contributed by atoms with Crippen molar-refractivity contribution in [1.29, 1.82) is 5.26 Å². The Hall–Kier alpha value is -2.88. The SMILES string of the molecule is CCCC(=O)OCOP(=O)(CS(=O)(=O)C[C@H]1O[C@@H](n2ccc3c(N[C@H]4C[C@@H](F)C4)c(C#N)c(Cl)nc32)[C@H](O)[C@@H]1O)OCOC(=O)CCC. The number of carbonyl (C=O) groups excluding carboxylic acids is 2. The molecule has 4 atom stereocenters. The Balaban J connectivity index is 1.50. The number of rotatable bonds is 17. The van der Waals surface area contributed by atoms with Crippen molar-refractivity contribution in [3.05, 3.63) is 23.0 Å². The van der Waals surface area contributed by atoms with Gasteiger partial charge in [-0.3, -0.25) is 23.2 Å². The monoisotopic (exact) mass is 738 g/mol. The first-order valence-corrected chi connectivity index (χ1v) is 19.1. The van der Waals surface area contributed by atoms with E-state index in [0.29, 0.717) is 23.9 Å². The molecule has 1 aliphatic heterocycles. The molecule has 0 radical (unpaired) electrons. The zero-order valence-corrected chi connectivity index (χ0v) is 28.6. The topological polar surface area (TPSA) is 226 Å². The van der Waals surface area contributed by atoms with Gasteiger partial charge in [-0.05, 0) is 31.7 Å². The lowest BCUT2D eigenvalue weighted by Crippen LogP contribution is -2.36. The molecule has 0 amide bonds. The van der Waals surface area contributed by atoms with Crippen LogP contribution in [0.3, 0.4) is 0 Å². The van der Waals surface area contributed by atoms with Crippen LogP contribution in [0.4, 0.5) is 10.1 Å². The fourth-order valence-corrected chi connectivity index (χ4v) is 9.56. The lowest BCUT2D eigenvalue weighted by Gasteiger charge is -2.31. The summed E-state index contributed by atoms with van der Waals surface area (Å²) in [6, 6.07) is 3.27. The van der Waals surface area contributed by atoms with Crippen LogP contribution in [0.5, 0.6) is 0 Å². The fraction of sp³-hybridized carbons (Fsp3) is 0.643. The highest BCUT2D eigenvalue weighted by Gasteiger charge is 2.47. The van der Waals surface area contributed by atoms with Crippen molar-refractivity contribution in [3.8, 4) is 6.07 Å². The van der Waals surface area contributed by atoms with E-state index >= 15 is 0 Å². The van der Waals surface area contributed by atoms with Crippen LogP contribution in [0.2, 0.25) is 5.15 Å². The molecule has 3 N–H and O–H groups in total. The largest absolute Gasteiger partial charge is 0.438 e. The smallest absolute Gasteiger partial charge is 0.351 e. The Kier molecular flexibility index (Phi) is 12.8.